The van der Waals surface area contributed by atoms with Crippen LogP contribution in [0.5, 0.6) is 5.75 Å². The summed E-state index contributed by atoms with van der Waals surface area (Å²) in [5, 5.41) is 3.24. The van der Waals surface area contributed by atoms with Crippen LogP contribution >= 0.6 is 0 Å². The number of aryl methyl sites for hydroxylation is 1. The number of para-hydroxylation sites is 2. The van der Waals surface area contributed by atoms with Gasteiger partial charge in [-0.05, 0) is 30.2 Å². The van der Waals surface area contributed by atoms with Crippen LogP contribution in [-0.2, 0) is 6.42 Å². The number of aromatic amines is 1. The monoisotopic (exact) mass is 322 g/mol. The Kier molecular flexibility index (Phi) is 4.33. The second kappa shape index (κ2) is 6.58. The van der Waals surface area contributed by atoms with Gasteiger partial charge in [0.2, 0.25) is 5.43 Å². The first-order valence-corrected chi connectivity index (χ1v) is 7.73. The molecule has 0 atom stereocenters. The van der Waals surface area contributed by atoms with E-state index in [2.05, 4.69) is 10.3 Å². The van der Waals surface area contributed by atoms with E-state index in [1.807, 2.05) is 31.2 Å². The van der Waals surface area contributed by atoms with Crippen molar-refractivity contribution in [2.24, 2.45) is 0 Å². The van der Waals surface area contributed by atoms with Gasteiger partial charge in [0.05, 0.1) is 18.0 Å². The maximum absolute atomic E-state index is 12.6. The minimum absolute atomic E-state index is 0.0710. The molecule has 3 aromatic rings. The van der Waals surface area contributed by atoms with Crippen LogP contribution in [0, 0.1) is 0 Å². The van der Waals surface area contributed by atoms with Gasteiger partial charge in [0.25, 0.3) is 5.91 Å². The summed E-state index contributed by atoms with van der Waals surface area (Å²) < 4.78 is 5.24. The number of ether oxygens (including phenoxy) is 1. The molecule has 0 saturated carbocycles. The number of pyridine rings is 1. The highest BCUT2D eigenvalue weighted by Gasteiger charge is 2.15. The van der Waals surface area contributed by atoms with Gasteiger partial charge in [-0.1, -0.05) is 31.2 Å². The number of amides is 1. The van der Waals surface area contributed by atoms with Crippen LogP contribution in [0.2, 0.25) is 0 Å². The maximum atomic E-state index is 12.6. The van der Waals surface area contributed by atoms with Gasteiger partial charge in [-0.2, -0.15) is 0 Å². The summed E-state index contributed by atoms with van der Waals surface area (Å²) in [6, 6.07) is 12.7. The summed E-state index contributed by atoms with van der Waals surface area (Å²) in [7, 11) is 1.54. The molecule has 0 aliphatic heterocycles. The number of aromatic nitrogens is 1. The largest absolute Gasteiger partial charge is 0.495 e. The summed E-state index contributed by atoms with van der Waals surface area (Å²) in [5.74, 6) is 0.134. The lowest BCUT2D eigenvalue weighted by Gasteiger charge is -2.10. The van der Waals surface area contributed by atoms with E-state index in [4.69, 9.17) is 4.74 Å². The molecule has 2 aromatic carbocycles. The van der Waals surface area contributed by atoms with Gasteiger partial charge in [-0.3, -0.25) is 9.59 Å². The fourth-order valence-corrected chi connectivity index (χ4v) is 2.70. The number of anilines is 1. The molecule has 3 rings (SSSR count). The molecule has 5 nitrogen and oxygen atoms in total. The van der Waals surface area contributed by atoms with Crippen molar-refractivity contribution in [3.63, 3.8) is 0 Å². The van der Waals surface area contributed by atoms with E-state index in [1.54, 1.807) is 18.2 Å². The molecule has 0 radical (unpaired) electrons. The molecule has 0 unspecified atom stereocenters. The molecule has 24 heavy (non-hydrogen) atoms. The topological polar surface area (TPSA) is 71.2 Å². The highest BCUT2D eigenvalue weighted by Crippen LogP contribution is 2.21. The third kappa shape index (κ3) is 2.76. The first-order valence-electron chi connectivity index (χ1n) is 7.73. The lowest BCUT2D eigenvalue weighted by atomic mass is 10.1. The highest BCUT2D eigenvalue weighted by molar-refractivity contribution is 6.06. The Morgan fingerprint density at radius 3 is 2.71 bits per heavy atom. The van der Waals surface area contributed by atoms with Crippen molar-refractivity contribution < 1.29 is 9.53 Å². The van der Waals surface area contributed by atoms with Crippen molar-refractivity contribution in [1.29, 1.82) is 0 Å². The van der Waals surface area contributed by atoms with E-state index in [0.29, 0.717) is 16.7 Å². The Morgan fingerprint density at radius 2 is 1.96 bits per heavy atom. The SMILES string of the molecule is CCc1ccccc1NC(=O)c1c[nH]c2c(OC)cccc2c1=O. The predicted octanol–water partition coefficient (Wildman–Crippen LogP) is 3.35. The van der Waals surface area contributed by atoms with Gasteiger partial charge in [-0.15, -0.1) is 0 Å². The van der Waals surface area contributed by atoms with E-state index >= 15 is 0 Å². The summed E-state index contributed by atoms with van der Waals surface area (Å²) in [5.41, 5.74) is 2.06. The van der Waals surface area contributed by atoms with Gasteiger partial charge in [0.15, 0.2) is 0 Å². The van der Waals surface area contributed by atoms with E-state index < -0.39 is 5.91 Å². The number of H-pyrrole nitrogens is 1. The first-order chi connectivity index (χ1) is 11.7. The summed E-state index contributed by atoms with van der Waals surface area (Å²) in [6.07, 6.45) is 2.22. The first kappa shape index (κ1) is 15.8. The van der Waals surface area contributed by atoms with Gasteiger partial charge >= 0.3 is 0 Å². The molecular weight excluding hydrogens is 304 g/mol. The average Bonchev–Trinajstić information content (AvgIpc) is 2.62. The van der Waals surface area contributed by atoms with E-state index in [-0.39, 0.29) is 11.0 Å². The lowest BCUT2D eigenvalue weighted by molar-refractivity contribution is 0.102. The van der Waals surface area contributed by atoms with E-state index in [1.165, 1.54) is 13.3 Å². The van der Waals surface area contributed by atoms with Crippen molar-refractivity contribution in [3.8, 4) is 5.75 Å². The molecule has 0 fully saturated rings. The molecule has 1 aromatic heterocycles. The van der Waals surface area contributed by atoms with Crippen LogP contribution in [0.4, 0.5) is 5.69 Å². The quantitative estimate of drug-likeness (QED) is 0.774. The van der Waals surface area contributed by atoms with Crippen LogP contribution in [-0.4, -0.2) is 18.0 Å². The smallest absolute Gasteiger partial charge is 0.261 e. The molecule has 1 heterocycles. The zero-order valence-corrected chi connectivity index (χ0v) is 13.6. The number of rotatable bonds is 4. The third-order valence-corrected chi connectivity index (χ3v) is 3.99. The van der Waals surface area contributed by atoms with Gasteiger partial charge in [0.1, 0.15) is 11.3 Å². The van der Waals surface area contributed by atoms with Gasteiger partial charge in [-0.25, -0.2) is 0 Å². The van der Waals surface area contributed by atoms with Crippen LogP contribution in [0.3, 0.4) is 0 Å². The standard InChI is InChI=1S/C19H18N2O3/c1-3-12-7-4-5-9-15(12)21-19(23)14-11-20-17-13(18(14)22)8-6-10-16(17)24-2/h4-11H,3H2,1-2H3,(H,20,22)(H,21,23). The third-order valence-electron chi connectivity index (χ3n) is 3.99. The lowest BCUT2D eigenvalue weighted by Crippen LogP contribution is -2.22. The van der Waals surface area contributed by atoms with Crippen LogP contribution in [0.15, 0.2) is 53.5 Å². The van der Waals surface area contributed by atoms with Crippen molar-refractivity contribution in [2.45, 2.75) is 13.3 Å². The molecule has 5 heteroatoms. The zero-order valence-electron chi connectivity index (χ0n) is 13.6. The van der Waals surface area contributed by atoms with Crippen molar-refractivity contribution in [1.82, 2.24) is 4.98 Å². The van der Waals surface area contributed by atoms with Gasteiger partial charge in [0, 0.05) is 11.9 Å². The molecule has 1 amide bonds. The Bertz CT molecular complexity index is 960. The predicted molar refractivity (Wildman–Crippen MR) is 94.9 cm³/mol. The molecule has 0 bridgehead atoms. The Labute approximate surface area is 139 Å². The second-order valence-corrected chi connectivity index (χ2v) is 5.38. The highest BCUT2D eigenvalue weighted by atomic mass is 16.5. The van der Waals surface area contributed by atoms with Crippen molar-refractivity contribution in [3.05, 3.63) is 70.0 Å². The molecule has 122 valence electrons. The number of hydrogen-bond donors (Lipinski definition) is 2. The summed E-state index contributed by atoms with van der Waals surface area (Å²) in [4.78, 5) is 28.2. The Balaban J connectivity index is 2.02. The number of carbonyl (C=O) groups is 1. The number of methoxy groups -OCH3 is 1. The fourth-order valence-electron chi connectivity index (χ4n) is 2.70. The number of hydrogen-bond acceptors (Lipinski definition) is 3. The Hall–Kier alpha value is -3.08. The van der Waals surface area contributed by atoms with Crippen LogP contribution < -0.4 is 15.5 Å². The maximum Gasteiger partial charge on any atom is 0.261 e. The summed E-state index contributed by atoms with van der Waals surface area (Å²) in [6.45, 7) is 2.01. The normalized spacial score (nSPS) is 10.6. The second-order valence-electron chi connectivity index (χ2n) is 5.38. The van der Waals surface area contributed by atoms with Crippen molar-refractivity contribution >= 4 is 22.5 Å². The van der Waals surface area contributed by atoms with E-state index in [0.717, 1.165) is 17.7 Å². The number of carbonyl (C=O) groups excluding carboxylic acids is 1. The van der Waals surface area contributed by atoms with Crippen LogP contribution in [0.25, 0.3) is 10.9 Å². The van der Waals surface area contributed by atoms with E-state index in [9.17, 15) is 9.59 Å². The molecule has 0 spiro atoms. The minimum atomic E-state index is -0.429. The number of fused-ring (bicyclic) bond motifs is 1. The average molecular weight is 322 g/mol. The Morgan fingerprint density at radius 1 is 1.17 bits per heavy atom. The number of nitrogens with one attached hydrogen (secondary N) is 2. The number of benzene rings is 2. The van der Waals surface area contributed by atoms with Gasteiger partial charge < -0.3 is 15.0 Å². The molecule has 0 aliphatic rings. The molecule has 0 saturated heterocycles. The fraction of sp³-hybridized carbons (Fsp3) is 0.158. The van der Waals surface area contributed by atoms with Crippen LogP contribution in [0.1, 0.15) is 22.8 Å². The minimum Gasteiger partial charge on any atom is -0.495 e. The molecule has 0 aliphatic carbocycles. The molecule has 2 N–H and O–H groups in total. The molecular formula is C19H18N2O3. The van der Waals surface area contributed by atoms with Crippen molar-refractivity contribution in [2.75, 3.05) is 12.4 Å². The zero-order chi connectivity index (χ0) is 17.1. The summed E-state index contributed by atoms with van der Waals surface area (Å²) >= 11 is 0.